The molecule has 39 heavy (non-hydrogen) atoms. The number of anilines is 1. The molecule has 1 N–H and O–H groups in total. The van der Waals surface area contributed by atoms with Crippen molar-refractivity contribution in [2.45, 2.75) is 71.3 Å². The highest BCUT2D eigenvalue weighted by Crippen LogP contribution is 2.36. The third-order valence-corrected chi connectivity index (χ3v) is 8.45. The first-order valence-corrected chi connectivity index (χ1v) is 14.4. The van der Waals surface area contributed by atoms with Crippen LogP contribution < -0.4 is 4.90 Å². The average Bonchev–Trinajstić information content (AvgIpc) is 3.38. The molecule has 210 valence electrons. The Balaban J connectivity index is 1.47. The highest BCUT2D eigenvalue weighted by Gasteiger charge is 2.32. The lowest BCUT2D eigenvalue weighted by Crippen LogP contribution is -2.42. The fourth-order valence-corrected chi connectivity index (χ4v) is 6.00. The highest BCUT2D eigenvalue weighted by atomic mass is 16.5. The molecule has 6 heteroatoms. The maximum atomic E-state index is 13.9. The molecule has 0 unspecified atom stereocenters. The summed E-state index contributed by atoms with van der Waals surface area (Å²) in [5.41, 5.74) is 5.17. The molecule has 2 saturated carbocycles. The number of nitrogens with zero attached hydrogens (tertiary/aromatic N) is 3. The van der Waals surface area contributed by atoms with Gasteiger partial charge < -0.3 is 14.7 Å². The van der Waals surface area contributed by atoms with Crippen molar-refractivity contribution in [3.63, 3.8) is 0 Å². The lowest BCUT2D eigenvalue weighted by Gasteiger charge is -2.36. The maximum Gasteiger partial charge on any atom is 0.230 e. The number of allylic oxidation sites excluding steroid dienone is 4. The van der Waals surface area contributed by atoms with E-state index in [-0.39, 0.29) is 17.9 Å². The van der Waals surface area contributed by atoms with E-state index in [1.807, 2.05) is 50.2 Å². The van der Waals surface area contributed by atoms with Crippen molar-refractivity contribution in [1.29, 1.82) is 0 Å². The summed E-state index contributed by atoms with van der Waals surface area (Å²) in [4.78, 5) is 16.0. The molecule has 0 aliphatic heterocycles. The molecular weight excluding hydrogens is 486 g/mol. The van der Waals surface area contributed by atoms with Gasteiger partial charge in [0.05, 0.1) is 18.9 Å². The van der Waals surface area contributed by atoms with Gasteiger partial charge >= 0.3 is 0 Å². The smallest absolute Gasteiger partial charge is 0.230 e. The second-order valence-corrected chi connectivity index (χ2v) is 11.6. The molecule has 1 aromatic heterocycles. The van der Waals surface area contributed by atoms with Crippen LogP contribution in [0.5, 0.6) is 0 Å². The maximum absolute atomic E-state index is 13.9. The van der Waals surface area contributed by atoms with E-state index in [9.17, 15) is 9.90 Å². The molecule has 2 aliphatic rings. The first-order valence-electron chi connectivity index (χ1n) is 14.4. The second-order valence-electron chi connectivity index (χ2n) is 11.6. The third kappa shape index (κ3) is 7.51. The van der Waals surface area contributed by atoms with Gasteiger partial charge in [0.25, 0.3) is 0 Å². The Bertz CT molecular complexity index is 1190. The minimum atomic E-state index is -0.274. The van der Waals surface area contributed by atoms with E-state index in [0.717, 1.165) is 78.9 Å². The van der Waals surface area contributed by atoms with Crippen LogP contribution in [0.2, 0.25) is 0 Å². The molecule has 0 bridgehead atoms. The average molecular weight is 532 g/mol. The zero-order chi connectivity index (χ0) is 27.9. The summed E-state index contributed by atoms with van der Waals surface area (Å²) in [7, 11) is 3.62. The van der Waals surface area contributed by atoms with Crippen LogP contribution in [0.25, 0.3) is 11.3 Å². The summed E-state index contributed by atoms with van der Waals surface area (Å²) >= 11 is 0. The van der Waals surface area contributed by atoms with Gasteiger partial charge in [-0.1, -0.05) is 30.4 Å². The Morgan fingerprint density at radius 3 is 2.38 bits per heavy atom. The molecule has 4 rings (SSSR count). The topological polar surface area (TPSA) is 67.6 Å². The normalized spacial score (nSPS) is 23.4. The summed E-state index contributed by atoms with van der Waals surface area (Å²) in [5.74, 6) is 1.97. The number of aryl methyl sites for hydroxylation is 1. The van der Waals surface area contributed by atoms with E-state index in [0.29, 0.717) is 24.7 Å². The van der Waals surface area contributed by atoms with Crippen molar-refractivity contribution >= 4 is 11.6 Å². The fourth-order valence-electron chi connectivity index (χ4n) is 6.00. The van der Waals surface area contributed by atoms with E-state index in [2.05, 4.69) is 36.0 Å². The van der Waals surface area contributed by atoms with Crippen LogP contribution in [0.1, 0.15) is 65.2 Å². The molecule has 0 saturated heterocycles. The number of ether oxygens (including phenoxy) is 1. The van der Waals surface area contributed by atoms with E-state index < -0.39 is 0 Å². The van der Waals surface area contributed by atoms with Crippen LogP contribution in [-0.4, -0.2) is 40.6 Å². The number of aliphatic hydroxyl groups is 1. The molecule has 2 fully saturated rings. The number of carbonyl (C=O) groups excluding carboxylic acids is 1. The highest BCUT2D eigenvalue weighted by molar-refractivity contribution is 5.95. The molecule has 6 nitrogen and oxygen atoms in total. The summed E-state index contributed by atoms with van der Waals surface area (Å²) in [6.07, 6.45) is 13.0. The second kappa shape index (κ2) is 13.3. The zero-order valence-electron chi connectivity index (χ0n) is 24.1. The zero-order valence-corrected chi connectivity index (χ0v) is 24.1. The predicted octanol–water partition coefficient (Wildman–Crippen LogP) is 6.83. The van der Waals surface area contributed by atoms with Gasteiger partial charge in [-0.25, -0.2) is 0 Å². The number of aromatic nitrogens is 2. The predicted molar refractivity (Wildman–Crippen MR) is 158 cm³/mol. The van der Waals surface area contributed by atoms with Gasteiger partial charge in [0, 0.05) is 37.0 Å². The van der Waals surface area contributed by atoms with Crippen molar-refractivity contribution in [1.82, 2.24) is 9.78 Å². The third-order valence-electron chi connectivity index (χ3n) is 8.45. The fraction of sp³-hybridized carbons (Fsp3) is 0.515. The Kier molecular flexibility index (Phi) is 9.84. The molecule has 0 spiro atoms. The van der Waals surface area contributed by atoms with E-state index in [1.165, 1.54) is 0 Å². The van der Waals surface area contributed by atoms with Crippen LogP contribution in [0, 0.1) is 17.8 Å². The summed E-state index contributed by atoms with van der Waals surface area (Å²) in [6.45, 7) is 9.18. The molecule has 1 amide bonds. The van der Waals surface area contributed by atoms with Crippen molar-refractivity contribution in [3.8, 4) is 11.3 Å². The Hall–Kier alpha value is -3.12. The van der Waals surface area contributed by atoms with Crippen molar-refractivity contribution < 1.29 is 14.6 Å². The Labute approximate surface area is 234 Å². The number of benzene rings is 1. The number of amides is 1. The minimum absolute atomic E-state index is 0.0294. The largest absolute Gasteiger partial charge is 0.497 e. The van der Waals surface area contributed by atoms with Gasteiger partial charge in [-0.2, -0.15) is 5.10 Å². The van der Waals surface area contributed by atoms with Gasteiger partial charge in [-0.3, -0.25) is 9.48 Å². The summed E-state index contributed by atoms with van der Waals surface area (Å²) in [5, 5.41) is 14.6. The van der Waals surface area contributed by atoms with Crippen LogP contribution in [0.3, 0.4) is 0 Å². The van der Waals surface area contributed by atoms with Crippen LogP contribution in [-0.2, 0) is 16.6 Å². The molecule has 2 aromatic rings. The minimum Gasteiger partial charge on any atom is -0.497 e. The molecule has 0 radical (unpaired) electrons. The quantitative estimate of drug-likeness (QED) is 0.284. The van der Waals surface area contributed by atoms with Gasteiger partial charge in [0.2, 0.25) is 5.91 Å². The summed E-state index contributed by atoms with van der Waals surface area (Å²) < 4.78 is 7.26. The lowest BCUT2D eigenvalue weighted by atomic mass is 9.78. The lowest BCUT2D eigenvalue weighted by molar-refractivity contribution is -0.124. The van der Waals surface area contributed by atoms with Crippen molar-refractivity contribution in [2.75, 3.05) is 18.6 Å². The number of hydrogen-bond acceptors (Lipinski definition) is 4. The number of methoxy groups -OCH3 is 1. The van der Waals surface area contributed by atoms with E-state index in [1.54, 1.807) is 11.8 Å². The van der Waals surface area contributed by atoms with Gasteiger partial charge in [0.15, 0.2) is 0 Å². The first kappa shape index (κ1) is 28.9. The number of rotatable bonds is 9. The number of aliphatic hydroxyl groups excluding tert-OH is 1. The standard InChI is InChI=1S/C33H45N3O3/c1-23(2)32(39-5)18-9-24(3)26-12-10-25(11-13-26)22-36(33(38)27-14-16-30(37)17-15-27)29-8-6-7-28(21-29)31-19-20-35(4)34-31/h6-9,18-21,25-27,30,37H,3,10-17,22H2,1-2,4-5H3/b18-9-/t25-,26-,27-,30-. The Morgan fingerprint density at radius 2 is 1.77 bits per heavy atom. The summed E-state index contributed by atoms with van der Waals surface area (Å²) in [6, 6.07) is 10.2. The van der Waals surface area contributed by atoms with Gasteiger partial charge in [-0.05, 0) is 107 Å². The van der Waals surface area contributed by atoms with Crippen LogP contribution in [0.4, 0.5) is 5.69 Å². The molecule has 1 aromatic carbocycles. The number of hydrogen-bond donors (Lipinski definition) is 1. The Morgan fingerprint density at radius 1 is 1.08 bits per heavy atom. The number of carbonyl (C=O) groups is 1. The van der Waals surface area contributed by atoms with Gasteiger partial charge in [0.1, 0.15) is 5.76 Å². The van der Waals surface area contributed by atoms with Crippen LogP contribution in [0.15, 0.2) is 72.2 Å². The molecule has 2 aliphatic carbocycles. The van der Waals surface area contributed by atoms with Crippen molar-refractivity contribution in [3.05, 3.63) is 72.2 Å². The molecular formula is C33H45N3O3. The van der Waals surface area contributed by atoms with E-state index in [4.69, 9.17) is 4.74 Å². The molecule has 1 heterocycles. The van der Waals surface area contributed by atoms with Crippen molar-refractivity contribution in [2.24, 2.45) is 24.8 Å². The molecule has 0 atom stereocenters. The van der Waals surface area contributed by atoms with Crippen LogP contribution >= 0.6 is 0 Å². The first-order chi connectivity index (χ1) is 18.7. The SMILES string of the molecule is C=C(/C=C\C(OC)=C(C)C)[C@H]1CC[C@H](CN(c2cccc(-c3ccn(C)n3)c2)C(=O)[C@H]2CC[C@H](O)CC2)CC1. The van der Waals surface area contributed by atoms with E-state index >= 15 is 0 Å². The van der Waals surface area contributed by atoms with Gasteiger partial charge in [-0.15, -0.1) is 0 Å². The monoisotopic (exact) mass is 531 g/mol.